The van der Waals surface area contributed by atoms with E-state index in [1.165, 1.54) is 18.2 Å². The van der Waals surface area contributed by atoms with Crippen LogP contribution >= 0.6 is 0 Å². The summed E-state index contributed by atoms with van der Waals surface area (Å²) in [7, 11) is 0. The van der Waals surface area contributed by atoms with Gasteiger partial charge in [0.05, 0.1) is 0 Å². The summed E-state index contributed by atoms with van der Waals surface area (Å²) in [6.07, 6.45) is -4.78. The van der Waals surface area contributed by atoms with Gasteiger partial charge in [-0.05, 0) is 17.7 Å². The van der Waals surface area contributed by atoms with Crippen LogP contribution in [0.5, 0.6) is 5.75 Å². The molecule has 7 heteroatoms. The highest BCUT2D eigenvalue weighted by Crippen LogP contribution is 2.27. The Bertz CT molecular complexity index is 645. The van der Waals surface area contributed by atoms with Crippen molar-refractivity contribution in [1.29, 1.82) is 0 Å². The van der Waals surface area contributed by atoms with Crippen LogP contribution in [0.2, 0.25) is 0 Å². The van der Waals surface area contributed by atoms with Gasteiger partial charge in [0.2, 0.25) is 5.91 Å². The molecule has 0 saturated carbocycles. The molecule has 2 aromatic carbocycles. The first-order chi connectivity index (χ1) is 10.3. The van der Waals surface area contributed by atoms with Crippen molar-refractivity contribution in [2.24, 2.45) is 5.73 Å². The van der Waals surface area contributed by atoms with Gasteiger partial charge in [-0.25, -0.2) is 0 Å². The number of nitrogens with one attached hydrogen (secondary N) is 1. The zero-order valence-electron chi connectivity index (χ0n) is 11.3. The number of hydrogen-bond donors (Lipinski definition) is 2. The topological polar surface area (TPSA) is 64.4 Å². The van der Waals surface area contributed by atoms with Gasteiger partial charge in [0.25, 0.3) is 0 Å². The number of hydrogen-bond acceptors (Lipinski definition) is 3. The molecule has 2 rings (SSSR count). The van der Waals surface area contributed by atoms with Gasteiger partial charge >= 0.3 is 6.36 Å². The van der Waals surface area contributed by atoms with E-state index >= 15 is 0 Å². The molecule has 0 bridgehead atoms. The van der Waals surface area contributed by atoms with Crippen molar-refractivity contribution in [1.82, 2.24) is 0 Å². The molecule has 1 amide bonds. The SMILES string of the molecule is NC(=O)[C@@H](Nc1cccc(OC(F)(F)F)c1)c1ccccc1. The van der Waals surface area contributed by atoms with Crippen molar-refractivity contribution in [3.05, 3.63) is 60.2 Å². The van der Waals surface area contributed by atoms with Gasteiger partial charge in [0, 0.05) is 11.8 Å². The smallest absolute Gasteiger partial charge is 0.406 e. The Labute approximate surface area is 124 Å². The van der Waals surface area contributed by atoms with E-state index in [1.54, 1.807) is 30.3 Å². The molecule has 0 spiro atoms. The number of rotatable bonds is 5. The fraction of sp³-hybridized carbons (Fsp3) is 0.133. The molecule has 1 atom stereocenters. The Morgan fingerprint density at radius 2 is 1.77 bits per heavy atom. The summed E-state index contributed by atoms with van der Waals surface area (Å²) in [6, 6.07) is 13.0. The largest absolute Gasteiger partial charge is 0.573 e. The molecule has 4 nitrogen and oxygen atoms in total. The van der Waals surface area contributed by atoms with Crippen molar-refractivity contribution >= 4 is 11.6 Å². The van der Waals surface area contributed by atoms with E-state index in [0.29, 0.717) is 5.56 Å². The number of amides is 1. The lowest BCUT2D eigenvalue weighted by molar-refractivity contribution is -0.274. The first-order valence-corrected chi connectivity index (χ1v) is 6.32. The molecule has 0 heterocycles. The Balaban J connectivity index is 2.21. The van der Waals surface area contributed by atoms with Crippen LogP contribution in [0.4, 0.5) is 18.9 Å². The maximum atomic E-state index is 12.2. The third kappa shape index (κ3) is 4.41. The number of alkyl halides is 3. The lowest BCUT2D eigenvalue weighted by Crippen LogP contribution is -2.27. The summed E-state index contributed by atoms with van der Waals surface area (Å²) >= 11 is 0. The fourth-order valence-electron chi connectivity index (χ4n) is 1.91. The Morgan fingerprint density at radius 3 is 2.36 bits per heavy atom. The highest BCUT2D eigenvalue weighted by molar-refractivity contribution is 5.84. The second-order valence-corrected chi connectivity index (χ2v) is 4.47. The van der Waals surface area contributed by atoms with E-state index in [9.17, 15) is 18.0 Å². The van der Waals surface area contributed by atoms with E-state index in [1.807, 2.05) is 0 Å². The molecule has 2 aromatic rings. The van der Waals surface area contributed by atoms with Gasteiger partial charge in [-0.2, -0.15) is 0 Å². The van der Waals surface area contributed by atoms with E-state index in [4.69, 9.17) is 5.73 Å². The minimum absolute atomic E-state index is 0.286. The molecule has 116 valence electrons. The Kier molecular flexibility index (Phi) is 4.55. The maximum absolute atomic E-state index is 12.2. The van der Waals surface area contributed by atoms with Crippen molar-refractivity contribution < 1.29 is 22.7 Å². The molecule has 0 saturated heterocycles. The zero-order valence-corrected chi connectivity index (χ0v) is 11.3. The molecular formula is C15H13F3N2O2. The van der Waals surface area contributed by atoms with E-state index in [0.717, 1.165) is 6.07 Å². The van der Waals surface area contributed by atoms with Crippen molar-refractivity contribution in [2.45, 2.75) is 12.4 Å². The monoisotopic (exact) mass is 310 g/mol. The number of halogens is 3. The quantitative estimate of drug-likeness (QED) is 0.891. The van der Waals surface area contributed by atoms with Gasteiger partial charge in [0.15, 0.2) is 0 Å². The van der Waals surface area contributed by atoms with Crippen LogP contribution in [0.3, 0.4) is 0 Å². The first-order valence-electron chi connectivity index (χ1n) is 6.32. The molecule has 3 N–H and O–H groups in total. The van der Waals surface area contributed by atoms with Crippen LogP contribution in [0.1, 0.15) is 11.6 Å². The number of carbonyl (C=O) groups excluding carboxylic acids is 1. The average Bonchev–Trinajstić information content (AvgIpc) is 2.44. The molecule has 0 aliphatic carbocycles. The predicted molar refractivity (Wildman–Crippen MR) is 75.1 cm³/mol. The lowest BCUT2D eigenvalue weighted by atomic mass is 10.1. The molecule has 0 aromatic heterocycles. The molecule has 0 radical (unpaired) electrons. The molecule has 0 aliphatic heterocycles. The Hall–Kier alpha value is -2.70. The number of anilines is 1. The minimum Gasteiger partial charge on any atom is -0.406 e. The summed E-state index contributed by atoms with van der Waals surface area (Å²) < 4.78 is 40.5. The number of nitrogens with two attached hydrogens (primary N) is 1. The van der Waals surface area contributed by atoms with Crippen LogP contribution in [-0.4, -0.2) is 12.3 Å². The summed E-state index contributed by atoms with van der Waals surface area (Å²) in [5, 5.41) is 2.80. The van der Waals surface area contributed by atoms with Crippen LogP contribution in [0, 0.1) is 0 Å². The minimum atomic E-state index is -4.78. The molecule has 22 heavy (non-hydrogen) atoms. The second kappa shape index (κ2) is 6.38. The van der Waals surface area contributed by atoms with Crippen molar-refractivity contribution in [3.63, 3.8) is 0 Å². The predicted octanol–water partition coefficient (Wildman–Crippen LogP) is 3.22. The lowest BCUT2D eigenvalue weighted by Gasteiger charge is -2.18. The van der Waals surface area contributed by atoms with Gasteiger partial charge in [-0.1, -0.05) is 36.4 Å². The van der Waals surface area contributed by atoms with Crippen molar-refractivity contribution in [3.8, 4) is 5.75 Å². The second-order valence-electron chi connectivity index (χ2n) is 4.47. The standard InChI is InChI=1S/C15H13F3N2O2/c16-15(17,18)22-12-8-4-7-11(9-12)20-13(14(19)21)10-5-2-1-3-6-10/h1-9,13,20H,(H2,19,21)/t13-/m0/s1. The van der Waals surface area contributed by atoms with Gasteiger partial charge in [0.1, 0.15) is 11.8 Å². The first kappa shape index (κ1) is 15.7. The van der Waals surface area contributed by atoms with Gasteiger partial charge in [-0.3, -0.25) is 4.79 Å². The summed E-state index contributed by atoms with van der Waals surface area (Å²) in [4.78, 5) is 11.6. The van der Waals surface area contributed by atoms with E-state index in [-0.39, 0.29) is 11.4 Å². The third-order valence-corrected chi connectivity index (χ3v) is 2.80. The molecule has 0 aliphatic rings. The number of benzene rings is 2. The van der Waals surface area contributed by atoms with Gasteiger partial charge in [-0.15, -0.1) is 13.2 Å². The zero-order chi connectivity index (χ0) is 16.2. The summed E-state index contributed by atoms with van der Waals surface area (Å²) in [5.74, 6) is -1.03. The molecule has 0 fully saturated rings. The van der Waals surface area contributed by atoms with Crippen LogP contribution in [-0.2, 0) is 4.79 Å². The number of carbonyl (C=O) groups is 1. The van der Waals surface area contributed by atoms with Crippen LogP contribution < -0.4 is 15.8 Å². The van der Waals surface area contributed by atoms with Crippen LogP contribution in [0.25, 0.3) is 0 Å². The summed E-state index contributed by atoms with van der Waals surface area (Å²) in [6.45, 7) is 0. The number of primary amides is 1. The van der Waals surface area contributed by atoms with Crippen LogP contribution in [0.15, 0.2) is 54.6 Å². The van der Waals surface area contributed by atoms with Gasteiger partial charge < -0.3 is 15.8 Å². The highest BCUT2D eigenvalue weighted by atomic mass is 19.4. The van der Waals surface area contributed by atoms with E-state index in [2.05, 4.69) is 10.1 Å². The highest BCUT2D eigenvalue weighted by Gasteiger charge is 2.31. The van der Waals surface area contributed by atoms with Crippen molar-refractivity contribution in [2.75, 3.05) is 5.32 Å². The third-order valence-electron chi connectivity index (χ3n) is 2.80. The number of ether oxygens (including phenoxy) is 1. The summed E-state index contributed by atoms with van der Waals surface area (Å²) in [5.41, 5.74) is 6.24. The molecule has 0 unspecified atom stereocenters. The molecular weight excluding hydrogens is 297 g/mol. The average molecular weight is 310 g/mol. The normalized spacial score (nSPS) is 12.5. The maximum Gasteiger partial charge on any atom is 0.573 e. The Morgan fingerprint density at radius 1 is 1.09 bits per heavy atom. The fourth-order valence-corrected chi connectivity index (χ4v) is 1.91. The van der Waals surface area contributed by atoms with E-state index < -0.39 is 18.3 Å².